The van der Waals surface area contributed by atoms with Crippen LogP contribution in [-0.2, 0) is 9.84 Å². The van der Waals surface area contributed by atoms with E-state index in [0.717, 1.165) is 5.41 Å². The molecule has 0 aliphatic carbocycles. The van der Waals surface area contributed by atoms with Gasteiger partial charge in [0.15, 0.2) is 0 Å². The molecule has 122 valence electrons. The van der Waals surface area contributed by atoms with E-state index in [-0.39, 0.29) is 4.90 Å². The number of aromatic amines is 1. The van der Waals surface area contributed by atoms with Crippen LogP contribution in [0.1, 0.15) is 5.56 Å². The summed E-state index contributed by atoms with van der Waals surface area (Å²) >= 11 is 0. The predicted octanol–water partition coefficient (Wildman–Crippen LogP) is 2.98. The Balaban J connectivity index is 1.99. The van der Waals surface area contributed by atoms with Crippen molar-refractivity contribution in [3.8, 4) is 5.75 Å². The SMILES string of the molecule is COc1ccc(/C=C\S(=O)(=O)c2cc3ccccc3[nH]c2=O)cc1. The van der Waals surface area contributed by atoms with Crippen molar-refractivity contribution in [2.45, 2.75) is 4.90 Å². The largest absolute Gasteiger partial charge is 0.497 e. The maximum absolute atomic E-state index is 12.5. The van der Waals surface area contributed by atoms with E-state index in [2.05, 4.69) is 4.98 Å². The van der Waals surface area contributed by atoms with Gasteiger partial charge in [0.25, 0.3) is 5.56 Å². The molecule has 0 saturated carbocycles. The minimum absolute atomic E-state index is 0.272. The molecule has 0 fully saturated rings. The second-order valence-electron chi connectivity index (χ2n) is 5.17. The number of aromatic nitrogens is 1. The van der Waals surface area contributed by atoms with Crippen LogP contribution in [0.15, 0.2) is 69.7 Å². The van der Waals surface area contributed by atoms with Gasteiger partial charge in [0.1, 0.15) is 10.6 Å². The molecular formula is C18H15NO4S. The summed E-state index contributed by atoms with van der Waals surface area (Å²) in [6, 6.07) is 15.3. The van der Waals surface area contributed by atoms with Crippen molar-refractivity contribution in [3.05, 3.63) is 75.9 Å². The zero-order chi connectivity index (χ0) is 17.2. The van der Waals surface area contributed by atoms with Gasteiger partial charge in [0.05, 0.1) is 7.11 Å². The zero-order valence-corrected chi connectivity index (χ0v) is 13.7. The van der Waals surface area contributed by atoms with Crippen molar-refractivity contribution in [2.75, 3.05) is 7.11 Å². The number of sulfone groups is 1. The fourth-order valence-electron chi connectivity index (χ4n) is 2.30. The Kier molecular flexibility index (Phi) is 4.22. The Morgan fingerprint density at radius 3 is 2.46 bits per heavy atom. The lowest BCUT2D eigenvalue weighted by atomic mass is 10.2. The molecule has 1 N–H and O–H groups in total. The van der Waals surface area contributed by atoms with Crippen LogP contribution in [0.2, 0.25) is 0 Å². The minimum Gasteiger partial charge on any atom is -0.497 e. The van der Waals surface area contributed by atoms with Crippen molar-refractivity contribution in [2.24, 2.45) is 0 Å². The highest BCUT2D eigenvalue weighted by Crippen LogP contribution is 2.17. The Morgan fingerprint density at radius 1 is 1.04 bits per heavy atom. The quantitative estimate of drug-likeness (QED) is 0.791. The van der Waals surface area contributed by atoms with Crippen molar-refractivity contribution in [1.29, 1.82) is 0 Å². The first-order valence-corrected chi connectivity index (χ1v) is 8.73. The smallest absolute Gasteiger partial charge is 0.267 e. The standard InChI is InChI=1S/C18H15NO4S/c1-23-15-8-6-13(7-9-15)10-11-24(21,22)17-12-14-4-2-3-5-16(14)19-18(17)20/h2-12H,1H3,(H,19,20)/b11-10-. The summed E-state index contributed by atoms with van der Waals surface area (Å²) < 4.78 is 30.0. The minimum atomic E-state index is -3.85. The molecule has 0 atom stereocenters. The van der Waals surface area contributed by atoms with Gasteiger partial charge in [-0.1, -0.05) is 30.3 Å². The lowest BCUT2D eigenvalue weighted by molar-refractivity contribution is 0.415. The molecule has 3 rings (SSSR count). The third-order valence-corrected chi connectivity index (χ3v) is 4.99. The first-order valence-electron chi connectivity index (χ1n) is 7.19. The summed E-state index contributed by atoms with van der Waals surface area (Å²) in [6.45, 7) is 0. The van der Waals surface area contributed by atoms with E-state index in [1.807, 2.05) is 0 Å². The third-order valence-electron chi connectivity index (χ3n) is 3.58. The number of pyridine rings is 1. The van der Waals surface area contributed by atoms with Gasteiger partial charge in [-0.25, -0.2) is 8.42 Å². The van der Waals surface area contributed by atoms with E-state index < -0.39 is 15.4 Å². The average Bonchev–Trinajstić information content (AvgIpc) is 2.59. The molecule has 24 heavy (non-hydrogen) atoms. The number of benzene rings is 2. The van der Waals surface area contributed by atoms with E-state index in [9.17, 15) is 13.2 Å². The zero-order valence-electron chi connectivity index (χ0n) is 12.9. The van der Waals surface area contributed by atoms with E-state index in [1.165, 1.54) is 12.1 Å². The molecule has 0 aliphatic heterocycles. The molecule has 6 heteroatoms. The molecule has 0 radical (unpaired) electrons. The number of para-hydroxylation sites is 1. The second-order valence-corrected chi connectivity index (χ2v) is 6.97. The molecule has 0 bridgehead atoms. The van der Waals surface area contributed by atoms with Gasteiger partial charge in [0.2, 0.25) is 9.84 Å². The van der Waals surface area contributed by atoms with E-state index in [4.69, 9.17) is 4.74 Å². The van der Waals surface area contributed by atoms with Gasteiger partial charge in [-0.3, -0.25) is 4.79 Å². The summed E-state index contributed by atoms with van der Waals surface area (Å²) in [5, 5.41) is 1.70. The van der Waals surface area contributed by atoms with Crippen molar-refractivity contribution in [3.63, 3.8) is 0 Å². The summed E-state index contributed by atoms with van der Waals surface area (Å²) in [7, 11) is -2.29. The number of rotatable bonds is 4. The lowest BCUT2D eigenvalue weighted by Gasteiger charge is -2.02. The highest BCUT2D eigenvalue weighted by atomic mass is 32.2. The summed E-state index contributed by atoms with van der Waals surface area (Å²) in [6.07, 6.45) is 1.45. The number of methoxy groups -OCH3 is 1. The maximum atomic E-state index is 12.5. The topological polar surface area (TPSA) is 76.2 Å². The number of hydrogen-bond donors (Lipinski definition) is 1. The first-order chi connectivity index (χ1) is 11.5. The molecular weight excluding hydrogens is 326 g/mol. The Hall–Kier alpha value is -2.86. The van der Waals surface area contributed by atoms with Gasteiger partial charge < -0.3 is 9.72 Å². The molecule has 0 amide bonds. The molecule has 0 aliphatic rings. The number of ether oxygens (including phenoxy) is 1. The Morgan fingerprint density at radius 2 is 1.75 bits per heavy atom. The summed E-state index contributed by atoms with van der Waals surface area (Å²) in [4.78, 5) is 14.4. The third kappa shape index (κ3) is 3.23. The van der Waals surface area contributed by atoms with Gasteiger partial charge in [0, 0.05) is 10.9 Å². The number of fused-ring (bicyclic) bond motifs is 1. The number of H-pyrrole nitrogens is 1. The van der Waals surface area contributed by atoms with Crippen LogP contribution in [0.4, 0.5) is 0 Å². The van der Waals surface area contributed by atoms with Gasteiger partial charge in [-0.05, 0) is 41.3 Å². The summed E-state index contributed by atoms with van der Waals surface area (Å²) in [5.41, 5.74) is 0.658. The van der Waals surface area contributed by atoms with E-state index in [0.29, 0.717) is 22.2 Å². The van der Waals surface area contributed by atoms with Crippen LogP contribution < -0.4 is 10.3 Å². The molecule has 0 saturated heterocycles. The van der Waals surface area contributed by atoms with Crippen LogP contribution in [0.3, 0.4) is 0 Å². The fraction of sp³-hybridized carbons (Fsp3) is 0.0556. The molecule has 5 nitrogen and oxygen atoms in total. The molecule has 1 aromatic heterocycles. The number of nitrogens with one attached hydrogen (secondary N) is 1. The average molecular weight is 341 g/mol. The van der Waals surface area contributed by atoms with Crippen LogP contribution in [-0.4, -0.2) is 20.5 Å². The lowest BCUT2D eigenvalue weighted by Crippen LogP contribution is -2.15. The normalized spacial score (nSPS) is 11.9. The van der Waals surface area contributed by atoms with Crippen molar-refractivity contribution in [1.82, 2.24) is 4.98 Å². The molecule has 0 unspecified atom stereocenters. The van der Waals surface area contributed by atoms with Crippen LogP contribution in [0.25, 0.3) is 17.0 Å². The molecule has 0 spiro atoms. The van der Waals surface area contributed by atoms with Crippen LogP contribution >= 0.6 is 0 Å². The molecule has 3 aromatic rings. The van der Waals surface area contributed by atoms with E-state index in [1.54, 1.807) is 55.6 Å². The second kappa shape index (κ2) is 6.33. The van der Waals surface area contributed by atoms with Crippen LogP contribution in [0.5, 0.6) is 5.75 Å². The molecule has 1 heterocycles. The highest BCUT2D eigenvalue weighted by molar-refractivity contribution is 7.94. The van der Waals surface area contributed by atoms with Gasteiger partial charge in [-0.2, -0.15) is 0 Å². The fourth-order valence-corrected chi connectivity index (χ4v) is 3.38. The Labute approximate surface area is 139 Å². The Bertz CT molecular complexity index is 1060. The highest BCUT2D eigenvalue weighted by Gasteiger charge is 2.16. The molecule has 2 aromatic carbocycles. The summed E-state index contributed by atoms with van der Waals surface area (Å²) in [5.74, 6) is 0.681. The van der Waals surface area contributed by atoms with Crippen molar-refractivity contribution >= 4 is 26.8 Å². The van der Waals surface area contributed by atoms with E-state index >= 15 is 0 Å². The van der Waals surface area contributed by atoms with Gasteiger partial charge >= 0.3 is 0 Å². The maximum Gasteiger partial charge on any atom is 0.267 e. The van der Waals surface area contributed by atoms with Crippen molar-refractivity contribution < 1.29 is 13.2 Å². The first kappa shape index (κ1) is 16.0. The predicted molar refractivity (Wildman–Crippen MR) is 93.8 cm³/mol. The van der Waals surface area contributed by atoms with Gasteiger partial charge in [-0.15, -0.1) is 0 Å². The number of hydrogen-bond acceptors (Lipinski definition) is 4. The van der Waals surface area contributed by atoms with Crippen LogP contribution in [0, 0.1) is 0 Å². The monoisotopic (exact) mass is 341 g/mol.